The Morgan fingerprint density at radius 3 is 2.26 bits per heavy atom. The van der Waals surface area contributed by atoms with E-state index in [1.165, 1.54) is 7.11 Å². The van der Waals surface area contributed by atoms with Gasteiger partial charge in [0.05, 0.1) is 5.92 Å². The van der Waals surface area contributed by atoms with Crippen LogP contribution in [0.4, 0.5) is 11.4 Å². The van der Waals surface area contributed by atoms with Gasteiger partial charge in [-0.05, 0) is 24.3 Å². The molecular weight excluding hydrogens is 246 g/mol. The lowest BCUT2D eigenvalue weighted by molar-refractivity contribution is -0.121. The molecule has 6 heteroatoms. The van der Waals surface area contributed by atoms with E-state index < -0.39 is 0 Å². The minimum Gasteiger partial charge on any atom is -0.375 e. The number of ether oxygens (including phenoxy) is 1. The third-order valence-corrected chi connectivity index (χ3v) is 2.86. The summed E-state index contributed by atoms with van der Waals surface area (Å²) < 4.78 is 4.72. The van der Waals surface area contributed by atoms with Crippen LogP contribution < -0.4 is 16.0 Å². The predicted octanol–water partition coefficient (Wildman–Crippen LogP) is 0.429. The number of hydrogen-bond acceptors (Lipinski definition) is 4. The average Bonchev–Trinajstić information content (AvgIpc) is 2.29. The molecule has 0 bridgehead atoms. The lowest BCUT2D eigenvalue weighted by Crippen LogP contribution is -2.48. The van der Waals surface area contributed by atoms with E-state index in [0.29, 0.717) is 5.69 Å². The zero-order chi connectivity index (χ0) is 13.7. The Bertz CT molecular complexity index is 455. The van der Waals surface area contributed by atoms with Crippen LogP contribution >= 0.6 is 0 Å². The molecule has 0 aromatic heterocycles. The summed E-state index contributed by atoms with van der Waals surface area (Å²) in [5.41, 5.74) is 1.40. The van der Waals surface area contributed by atoms with E-state index in [-0.39, 0.29) is 24.3 Å². The first-order chi connectivity index (χ1) is 9.19. The molecule has 0 saturated carbocycles. The highest BCUT2D eigenvalue weighted by Gasteiger charge is 2.24. The van der Waals surface area contributed by atoms with Crippen LogP contribution in [0.15, 0.2) is 24.3 Å². The summed E-state index contributed by atoms with van der Waals surface area (Å²) in [6, 6.07) is 6.99. The van der Waals surface area contributed by atoms with Gasteiger partial charge in [0.15, 0.2) is 0 Å². The highest BCUT2D eigenvalue weighted by atomic mass is 16.5. The van der Waals surface area contributed by atoms with Gasteiger partial charge in [-0.15, -0.1) is 0 Å². The monoisotopic (exact) mass is 263 g/mol. The lowest BCUT2D eigenvalue weighted by Gasteiger charge is -2.25. The molecule has 3 N–H and O–H groups in total. The van der Waals surface area contributed by atoms with Crippen LogP contribution in [0, 0.1) is 5.92 Å². The number of hydrogen-bond donors (Lipinski definition) is 3. The number of anilines is 2. The summed E-state index contributed by atoms with van der Waals surface area (Å²) in [6.07, 6.45) is 0. The average molecular weight is 263 g/mol. The maximum Gasteiger partial charge on any atom is 0.250 e. The molecule has 0 atom stereocenters. The topological polar surface area (TPSA) is 79.5 Å². The van der Waals surface area contributed by atoms with Crippen LogP contribution in [0.25, 0.3) is 0 Å². The van der Waals surface area contributed by atoms with E-state index in [2.05, 4.69) is 16.0 Å². The van der Waals surface area contributed by atoms with Crippen molar-refractivity contribution in [3.05, 3.63) is 24.3 Å². The maximum atomic E-state index is 11.7. The SMILES string of the molecule is COCC(=O)Nc1ccc(NC(=O)C2CNC2)cc1. The number of methoxy groups -OCH3 is 1. The van der Waals surface area contributed by atoms with E-state index in [9.17, 15) is 9.59 Å². The second kappa shape index (κ2) is 6.31. The second-order valence-electron chi connectivity index (χ2n) is 4.40. The largest absolute Gasteiger partial charge is 0.375 e. The quantitative estimate of drug-likeness (QED) is 0.719. The molecule has 0 spiro atoms. The number of nitrogens with one attached hydrogen (secondary N) is 3. The minimum atomic E-state index is -0.208. The smallest absolute Gasteiger partial charge is 0.250 e. The van der Waals surface area contributed by atoms with Gasteiger partial charge in [-0.25, -0.2) is 0 Å². The van der Waals surface area contributed by atoms with Crippen molar-refractivity contribution < 1.29 is 14.3 Å². The molecule has 6 nitrogen and oxygen atoms in total. The number of carbonyl (C=O) groups excluding carboxylic acids is 2. The Morgan fingerprint density at radius 1 is 1.21 bits per heavy atom. The van der Waals surface area contributed by atoms with Gasteiger partial charge in [0.1, 0.15) is 6.61 Å². The molecule has 1 aliphatic heterocycles. The number of rotatable bonds is 5. The van der Waals surface area contributed by atoms with E-state index in [0.717, 1.165) is 18.8 Å². The minimum absolute atomic E-state index is 0.0210. The Morgan fingerprint density at radius 2 is 1.79 bits per heavy atom. The van der Waals surface area contributed by atoms with Crippen LogP contribution in [-0.2, 0) is 14.3 Å². The van der Waals surface area contributed by atoms with E-state index in [1.54, 1.807) is 24.3 Å². The van der Waals surface area contributed by atoms with Crippen molar-refractivity contribution in [2.24, 2.45) is 5.92 Å². The molecule has 1 saturated heterocycles. The highest BCUT2D eigenvalue weighted by molar-refractivity contribution is 5.94. The maximum absolute atomic E-state index is 11.7. The van der Waals surface area contributed by atoms with Crippen molar-refractivity contribution in [3.63, 3.8) is 0 Å². The van der Waals surface area contributed by atoms with Crippen LogP contribution in [0.3, 0.4) is 0 Å². The molecule has 0 unspecified atom stereocenters. The molecule has 1 fully saturated rings. The fourth-order valence-corrected chi connectivity index (χ4v) is 1.68. The zero-order valence-corrected chi connectivity index (χ0v) is 10.7. The standard InChI is InChI=1S/C13H17N3O3/c1-19-8-12(17)15-10-2-4-11(5-3-10)16-13(18)9-6-14-7-9/h2-5,9,14H,6-8H2,1H3,(H,15,17)(H,16,18). The van der Waals surface area contributed by atoms with Crippen LogP contribution in [-0.4, -0.2) is 38.6 Å². The van der Waals surface area contributed by atoms with Crippen molar-refractivity contribution in [3.8, 4) is 0 Å². The summed E-state index contributed by atoms with van der Waals surface area (Å²) in [5, 5.41) is 8.57. The Hall–Kier alpha value is -1.92. The molecule has 102 valence electrons. The van der Waals surface area contributed by atoms with E-state index in [1.807, 2.05) is 0 Å². The summed E-state index contributed by atoms with van der Waals surface area (Å²) in [6.45, 7) is 1.49. The van der Waals surface area contributed by atoms with Crippen molar-refractivity contribution >= 4 is 23.2 Å². The molecule has 1 aromatic rings. The van der Waals surface area contributed by atoms with Crippen LogP contribution in [0.2, 0.25) is 0 Å². The van der Waals surface area contributed by atoms with Gasteiger partial charge in [0.25, 0.3) is 0 Å². The van der Waals surface area contributed by atoms with Gasteiger partial charge in [-0.2, -0.15) is 0 Å². The molecule has 2 rings (SSSR count). The van der Waals surface area contributed by atoms with Crippen molar-refractivity contribution in [1.29, 1.82) is 0 Å². The van der Waals surface area contributed by atoms with E-state index >= 15 is 0 Å². The zero-order valence-electron chi connectivity index (χ0n) is 10.7. The summed E-state index contributed by atoms with van der Waals surface area (Å²) >= 11 is 0. The Balaban J connectivity index is 1.87. The molecule has 19 heavy (non-hydrogen) atoms. The first-order valence-electron chi connectivity index (χ1n) is 6.09. The van der Waals surface area contributed by atoms with Crippen LogP contribution in [0.5, 0.6) is 0 Å². The lowest BCUT2D eigenvalue weighted by atomic mass is 10.0. The normalized spacial score (nSPS) is 14.6. The molecular formula is C13H17N3O3. The first-order valence-corrected chi connectivity index (χ1v) is 6.09. The van der Waals surface area contributed by atoms with Gasteiger partial charge in [0, 0.05) is 31.6 Å². The van der Waals surface area contributed by atoms with Crippen molar-refractivity contribution in [2.75, 3.05) is 37.4 Å². The van der Waals surface area contributed by atoms with Crippen LogP contribution in [0.1, 0.15) is 0 Å². The number of amides is 2. The van der Waals surface area contributed by atoms with Gasteiger partial charge in [0.2, 0.25) is 11.8 Å². The molecule has 1 heterocycles. The molecule has 0 radical (unpaired) electrons. The van der Waals surface area contributed by atoms with Gasteiger partial charge in [-0.3, -0.25) is 9.59 Å². The third-order valence-electron chi connectivity index (χ3n) is 2.86. The molecule has 2 amide bonds. The number of benzene rings is 1. The van der Waals surface area contributed by atoms with Gasteiger partial charge < -0.3 is 20.7 Å². The predicted molar refractivity (Wildman–Crippen MR) is 71.9 cm³/mol. The third kappa shape index (κ3) is 3.77. The number of carbonyl (C=O) groups is 2. The van der Waals surface area contributed by atoms with Crippen molar-refractivity contribution in [1.82, 2.24) is 5.32 Å². The molecule has 1 aliphatic rings. The molecule has 0 aliphatic carbocycles. The fourth-order valence-electron chi connectivity index (χ4n) is 1.68. The van der Waals surface area contributed by atoms with Gasteiger partial charge >= 0.3 is 0 Å². The Kier molecular flexibility index (Phi) is 4.48. The fraction of sp³-hybridized carbons (Fsp3) is 0.385. The summed E-state index contributed by atoms with van der Waals surface area (Å²) in [5.74, 6) is -0.129. The Labute approximate surface area is 111 Å². The summed E-state index contributed by atoms with van der Waals surface area (Å²) in [7, 11) is 1.47. The van der Waals surface area contributed by atoms with Crippen molar-refractivity contribution in [2.45, 2.75) is 0 Å². The summed E-state index contributed by atoms with van der Waals surface area (Å²) in [4.78, 5) is 23.0. The second-order valence-corrected chi connectivity index (χ2v) is 4.40. The molecule has 1 aromatic carbocycles. The highest BCUT2D eigenvalue weighted by Crippen LogP contribution is 2.15. The first kappa shape index (κ1) is 13.5. The van der Waals surface area contributed by atoms with Gasteiger partial charge in [-0.1, -0.05) is 0 Å². The van der Waals surface area contributed by atoms with E-state index in [4.69, 9.17) is 4.74 Å².